The van der Waals surface area contributed by atoms with Crippen molar-refractivity contribution in [3.05, 3.63) is 62.8 Å². The maximum absolute atomic E-state index is 10.3. The lowest BCUT2D eigenvalue weighted by Gasteiger charge is -2.14. The highest BCUT2D eigenvalue weighted by Gasteiger charge is 2.15. The zero-order chi connectivity index (χ0) is 13.1. The summed E-state index contributed by atoms with van der Waals surface area (Å²) in [7, 11) is 0. The van der Waals surface area contributed by atoms with Gasteiger partial charge in [-0.25, -0.2) is 0 Å². The van der Waals surface area contributed by atoms with Gasteiger partial charge in [-0.3, -0.25) is 4.98 Å². The molecular formula is C14H13BrClNO. The van der Waals surface area contributed by atoms with Gasteiger partial charge in [-0.1, -0.05) is 29.8 Å². The maximum atomic E-state index is 10.3. The fourth-order valence-electron chi connectivity index (χ4n) is 1.80. The van der Waals surface area contributed by atoms with Gasteiger partial charge in [0.25, 0.3) is 0 Å². The molecule has 1 atom stereocenters. The molecule has 0 aliphatic carbocycles. The molecule has 0 saturated carbocycles. The number of halogens is 2. The van der Waals surface area contributed by atoms with Crippen LogP contribution in [0.15, 0.2) is 41.0 Å². The Morgan fingerprint density at radius 3 is 2.83 bits per heavy atom. The summed E-state index contributed by atoms with van der Waals surface area (Å²) in [6.07, 6.45) is 1.55. The molecule has 18 heavy (non-hydrogen) atoms. The van der Waals surface area contributed by atoms with Gasteiger partial charge in [-0.05, 0) is 40.5 Å². The number of aryl methyl sites for hydroxylation is 1. The topological polar surface area (TPSA) is 33.1 Å². The molecule has 0 spiro atoms. The number of aliphatic hydroxyl groups is 1. The molecule has 4 heteroatoms. The summed E-state index contributed by atoms with van der Waals surface area (Å²) in [4.78, 5) is 4.28. The molecule has 0 saturated heterocycles. The Morgan fingerprint density at radius 1 is 1.33 bits per heavy atom. The molecule has 1 N–H and O–H groups in total. The molecule has 1 aromatic carbocycles. The molecule has 0 radical (unpaired) electrons. The van der Waals surface area contributed by atoms with Crippen LogP contribution in [-0.2, 0) is 6.42 Å². The SMILES string of the molecule is Cc1cccnc1CC(O)c1cccc(Br)c1Cl. The summed E-state index contributed by atoms with van der Waals surface area (Å²) in [6, 6.07) is 9.41. The first-order chi connectivity index (χ1) is 8.59. The molecule has 0 bridgehead atoms. The molecule has 1 heterocycles. The lowest BCUT2D eigenvalue weighted by molar-refractivity contribution is 0.177. The fraction of sp³-hybridized carbons (Fsp3) is 0.214. The van der Waals surface area contributed by atoms with E-state index in [0.29, 0.717) is 11.4 Å². The van der Waals surface area contributed by atoms with Crippen LogP contribution in [0.5, 0.6) is 0 Å². The third-order valence-electron chi connectivity index (χ3n) is 2.85. The van der Waals surface area contributed by atoms with E-state index in [9.17, 15) is 5.11 Å². The van der Waals surface area contributed by atoms with Crippen molar-refractivity contribution in [3.63, 3.8) is 0 Å². The second kappa shape index (κ2) is 5.83. The molecule has 0 aliphatic heterocycles. The zero-order valence-electron chi connectivity index (χ0n) is 9.90. The third kappa shape index (κ3) is 2.91. The highest BCUT2D eigenvalue weighted by molar-refractivity contribution is 9.10. The van der Waals surface area contributed by atoms with Crippen LogP contribution in [0.2, 0.25) is 5.02 Å². The molecule has 2 nitrogen and oxygen atoms in total. The van der Waals surface area contributed by atoms with Crippen LogP contribution in [0.3, 0.4) is 0 Å². The molecule has 0 aliphatic rings. The summed E-state index contributed by atoms with van der Waals surface area (Å²) < 4.78 is 0.790. The van der Waals surface area contributed by atoms with Gasteiger partial charge in [0.15, 0.2) is 0 Å². The number of pyridine rings is 1. The summed E-state index contributed by atoms with van der Waals surface area (Å²) >= 11 is 9.52. The highest BCUT2D eigenvalue weighted by Crippen LogP contribution is 2.31. The molecule has 1 unspecified atom stereocenters. The van der Waals surface area contributed by atoms with Crippen LogP contribution in [0.4, 0.5) is 0 Å². The third-order valence-corrected chi connectivity index (χ3v) is 4.16. The van der Waals surface area contributed by atoms with Crippen LogP contribution >= 0.6 is 27.5 Å². The van der Waals surface area contributed by atoms with Crippen molar-refractivity contribution in [2.24, 2.45) is 0 Å². The van der Waals surface area contributed by atoms with E-state index in [1.165, 1.54) is 0 Å². The van der Waals surface area contributed by atoms with Gasteiger partial charge in [0.05, 0.1) is 11.1 Å². The lowest BCUT2D eigenvalue weighted by atomic mass is 10.0. The molecule has 2 aromatic rings. The Kier molecular flexibility index (Phi) is 4.38. The van der Waals surface area contributed by atoms with Gasteiger partial charge >= 0.3 is 0 Å². The minimum Gasteiger partial charge on any atom is -0.388 e. The van der Waals surface area contributed by atoms with E-state index in [1.54, 1.807) is 6.20 Å². The smallest absolute Gasteiger partial charge is 0.0860 e. The second-order valence-corrected chi connectivity index (χ2v) is 5.36. The monoisotopic (exact) mass is 325 g/mol. The van der Waals surface area contributed by atoms with Crippen molar-refractivity contribution < 1.29 is 5.11 Å². The van der Waals surface area contributed by atoms with Gasteiger partial charge in [-0.15, -0.1) is 0 Å². The number of aromatic nitrogens is 1. The van der Waals surface area contributed by atoms with Gasteiger partial charge in [0.1, 0.15) is 0 Å². The lowest BCUT2D eigenvalue weighted by Crippen LogP contribution is -2.05. The van der Waals surface area contributed by atoms with E-state index in [-0.39, 0.29) is 0 Å². The number of nitrogens with zero attached hydrogens (tertiary/aromatic N) is 1. The normalized spacial score (nSPS) is 12.4. The predicted molar refractivity (Wildman–Crippen MR) is 76.8 cm³/mol. The largest absolute Gasteiger partial charge is 0.388 e. The van der Waals surface area contributed by atoms with Crippen LogP contribution < -0.4 is 0 Å². The van der Waals surface area contributed by atoms with Crippen molar-refractivity contribution in [3.8, 4) is 0 Å². The minimum absolute atomic E-state index is 0.461. The van der Waals surface area contributed by atoms with E-state index in [1.807, 2.05) is 37.3 Å². The van der Waals surface area contributed by atoms with Crippen molar-refractivity contribution in [2.45, 2.75) is 19.4 Å². The molecular weight excluding hydrogens is 314 g/mol. The van der Waals surface area contributed by atoms with Crippen LogP contribution in [-0.4, -0.2) is 10.1 Å². The highest BCUT2D eigenvalue weighted by atomic mass is 79.9. The first kappa shape index (κ1) is 13.5. The van der Waals surface area contributed by atoms with Gasteiger partial charge in [0, 0.05) is 28.3 Å². The van der Waals surface area contributed by atoms with Crippen LogP contribution in [0.25, 0.3) is 0 Å². The minimum atomic E-state index is -0.649. The average Bonchev–Trinajstić information content (AvgIpc) is 2.35. The molecule has 0 amide bonds. The molecule has 2 rings (SSSR count). The predicted octanol–water partition coefficient (Wildman–Crippen LogP) is 4.08. The first-order valence-corrected chi connectivity index (χ1v) is 6.79. The second-order valence-electron chi connectivity index (χ2n) is 4.13. The number of rotatable bonds is 3. The van der Waals surface area contributed by atoms with Gasteiger partial charge in [-0.2, -0.15) is 0 Å². The Hall–Kier alpha value is -0.900. The Bertz CT molecular complexity index is 559. The van der Waals surface area contributed by atoms with Crippen molar-refractivity contribution in [1.29, 1.82) is 0 Å². The summed E-state index contributed by atoms with van der Waals surface area (Å²) in [5, 5.41) is 10.8. The van der Waals surface area contributed by atoms with Crippen molar-refractivity contribution >= 4 is 27.5 Å². The van der Waals surface area contributed by atoms with Gasteiger partial charge < -0.3 is 5.11 Å². The first-order valence-electron chi connectivity index (χ1n) is 5.62. The van der Waals surface area contributed by atoms with E-state index >= 15 is 0 Å². The van der Waals surface area contributed by atoms with Crippen LogP contribution in [0.1, 0.15) is 22.9 Å². The van der Waals surface area contributed by atoms with Gasteiger partial charge in [0.2, 0.25) is 0 Å². The fourth-order valence-corrected chi connectivity index (χ4v) is 2.44. The average molecular weight is 327 g/mol. The number of aliphatic hydroxyl groups excluding tert-OH is 1. The van der Waals surface area contributed by atoms with E-state index in [4.69, 9.17) is 11.6 Å². The van der Waals surface area contributed by atoms with Crippen LogP contribution in [0, 0.1) is 6.92 Å². The van der Waals surface area contributed by atoms with Crippen molar-refractivity contribution in [2.75, 3.05) is 0 Å². The Labute approximate surface area is 120 Å². The van der Waals surface area contributed by atoms with E-state index in [2.05, 4.69) is 20.9 Å². The summed E-state index contributed by atoms with van der Waals surface area (Å²) in [5.74, 6) is 0. The molecule has 0 fully saturated rings. The number of benzene rings is 1. The number of hydrogen-bond donors (Lipinski definition) is 1. The summed E-state index contributed by atoms with van der Waals surface area (Å²) in [5.41, 5.74) is 2.68. The molecule has 1 aromatic heterocycles. The Morgan fingerprint density at radius 2 is 2.11 bits per heavy atom. The maximum Gasteiger partial charge on any atom is 0.0860 e. The quantitative estimate of drug-likeness (QED) is 0.922. The Balaban J connectivity index is 2.25. The standard InChI is InChI=1S/C14H13BrClNO/c1-9-4-3-7-17-12(9)8-13(18)10-5-2-6-11(15)14(10)16/h2-7,13,18H,8H2,1H3. The van der Waals surface area contributed by atoms with E-state index < -0.39 is 6.10 Å². The van der Waals surface area contributed by atoms with E-state index in [0.717, 1.165) is 21.3 Å². The number of hydrogen-bond acceptors (Lipinski definition) is 2. The molecule has 94 valence electrons. The van der Waals surface area contributed by atoms with Crippen molar-refractivity contribution in [1.82, 2.24) is 4.98 Å². The zero-order valence-corrected chi connectivity index (χ0v) is 12.2. The summed E-state index contributed by atoms with van der Waals surface area (Å²) in [6.45, 7) is 1.98.